The molecule has 3 aliphatic rings. The third-order valence-electron chi connectivity index (χ3n) is 6.31. The molecule has 2 aromatic rings. The van der Waals surface area contributed by atoms with Crippen molar-refractivity contribution in [3.05, 3.63) is 47.7 Å². The number of allylic oxidation sites excluding steroid dienone is 1. The van der Waals surface area contributed by atoms with Crippen LogP contribution in [0.2, 0.25) is 0 Å². The quantitative estimate of drug-likeness (QED) is 0.785. The molecule has 1 aliphatic heterocycles. The average molecular weight is 423 g/mol. The van der Waals surface area contributed by atoms with Gasteiger partial charge in [-0.05, 0) is 38.5 Å². The second-order valence-corrected chi connectivity index (χ2v) is 8.44. The predicted octanol–water partition coefficient (Wildman–Crippen LogP) is 2.92. The summed E-state index contributed by atoms with van der Waals surface area (Å²) in [6.07, 6.45) is 12.9. The Morgan fingerprint density at radius 1 is 1.10 bits per heavy atom. The first-order valence-corrected chi connectivity index (χ1v) is 11.0. The fourth-order valence-electron chi connectivity index (χ4n) is 4.69. The van der Waals surface area contributed by atoms with E-state index < -0.39 is 5.82 Å². The van der Waals surface area contributed by atoms with Gasteiger partial charge in [0.2, 0.25) is 0 Å². The Kier molecular flexibility index (Phi) is 5.48. The van der Waals surface area contributed by atoms with Crippen LogP contribution >= 0.6 is 0 Å². The van der Waals surface area contributed by atoms with Gasteiger partial charge in [-0.2, -0.15) is 0 Å². The zero-order chi connectivity index (χ0) is 21.2. The highest BCUT2D eigenvalue weighted by atomic mass is 19.1. The van der Waals surface area contributed by atoms with E-state index in [-0.39, 0.29) is 23.9 Å². The molecule has 1 saturated carbocycles. The molecule has 2 aromatic heterocycles. The number of nitrogens with zero attached hydrogens (tertiary/aromatic N) is 5. The van der Waals surface area contributed by atoms with E-state index in [1.54, 1.807) is 6.20 Å². The number of anilines is 1. The molecule has 0 unspecified atom stereocenters. The summed E-state index contributed by atoms with van der Waals surface area (Å²) in [5.74, 6) is 0.190. The van der Waals surface area contributed by atoms with E-state index in [1.165, 1.54) is 12.5 Å². The number of likely N-dealkylation sites (tertiary alicyclic amines) is 1. The minimum Gasteiger partial charge on any atom is -0.365 e. The van der Waals surface area contributed by atoms with Gasteiger partial charge in [0.15, 0.2) is 17.5 Å². The monoisotopic (exact) mass is 423 g/mol. The molecule has 8 nitrogen and oxygen atoms in total. The Labute approximate surface area is 180 Å². The van der Waals surface area contributed by atoms with Gasteiger partial charge in [-0.3, -0.25) is 0 Å². The van der Waals surface area contributed by atoms with Gasteiger partial charge < -0.3 is 15.5 Å². The zero-order valence-electron chi connectivity index (χ0n) is 17.4. The molecule has 0 radical (unpaired) electrons. The van der Waals surface area contributed by atoms with Crippen LogP contribution in [-0.2, 0) is 6.42 Å². The van der Waals surface area contributed by atoms with Crippen molar-refractivity contribution in [3.8, 4) is 0 Å². The third kappa shape index (κ3) is 4.22. The number of hydrogen-bond donors (Lipinski definition) is 2. The lowest BCUT2D eigenvalue weighted by Gasteiger charge is -2.32. The summed E-state index contributed by atoms with van der Waals surface area (Å²) in [6.45, 7) is 1.67. The molecule has 0 bridgehead atoms. The van der Waals surface area contributed by atoms with Crippen LogP contribution in [0.4, 0.5) is 15.0 Å². The number of nitrogens with one attached hydrogen (secondary N) is 2. The zero-order valence-corrected chi connectivity index (χ0v) is 17.4. The molecule has 0 aromatic carbocycles. The molecule has 2 N–H and O–H groups in total. The fraction of sp³-hybridized carbons (Fsp3) is 0.500. The Morgan fingerprint density at radius 3 is 2.81 bits per heavy atom. The summed E-state index contributed by atoms with van der Waals surface area (Å²) in [6, 6.07) is 0.154. The Morgan fingerprint density at radius 2 is 1.94 bits per heavy atom. The first-order valence-electron chi connectivity index (χ1n) is 11.0. The van der Waals surface area contributed by atoms with Crippen LogP contribution < -0.4 is 10.6 Å². The first kappa shape index (κ1) is 19.8. The number of aromatic nitrogens is 4. The van der Waals surface area contributed by atoms with Crippen molar-refractivity contribution in [1.29, 1.82) is 0 Å². The van der Waals surface area contributed by atoms with Gasteiger partial charge in [-0.25, -0.2) is 29.1 Å². The Bertz CT molecular complexity index is 1010. The second kappa shape index (κ2) is 8.56. The van der Waals surface area contributed by atoms with Crippen molar-refractivity contribution in [2.45, 2.75) is 57.0 Å². The van der Waals surface area contributed by atoms with E-state index in [0.29, 0.717) is 12.2 Å². The van der Waals surface area contributed by atoms with Crippen LogP contribution in [0.1, 0.15) is 55.6 Å². The summed E-state index contributed by atoms with van der Waals surface area (Å²) in [5.41, 5.74) is 2.65. The normalized spacial score (nSPS) is 22.7. The molecule has 162 valence electrons. The van der Waals surface area contributed by atoms with Gasteiger partial charge in [0.05, 0.1) is 11.9 Å². The lowest BCUT2D eigenvalue weighted by molar-refractivity contribution is 0.199. The number of carbonyl (C=O) groups is 1. The largest absolute Gasteiger partial charge is 0.365 e. The molecule has 9 heteroatoms. The van der Waals surface area contributed by atoms with E-state index in [9.17, 15) is 9.18 Å². The molecule has 2 fully saturated rings. The number of urea groups is 1. The minimum absolute atomic E-state index is 0.0210. The van der Waals surface area contributed by atoms with Crippen molar-refractivity contribution < 1.29 is 9.18 Å². The molecular weight excluding hydrogens is 397 g/mol. The highest BCUT2D eigenvalue weighted by Gasteiger charge is 2.27. The van der Waals surface area contributed by atoms with Crippen molar-refractivity contribution in [2.24, 2.45) is 0 Å². The number of halogens is 1. The maximum atomic E-state index is 14.5. The number of fused-ring (bicyclic) bond motifs is 1. The summed E-state index contributed by atoms with van der Waals surface area (Å²) in [5, 5.41) is 6.42. The lowest BCUT2D eigenvalue weighted by atomic mass is 9.91. The van der Waals surface area contributed by atoms with E-state index in [4.69, 9.17) is 0 Å². The molecule has 3 heterocycles. The maximum absolute atomic E-state index is 14.5. The molecule has 2 atom stereocenters. The fourth-order valence-corrected chi connectivity index (χ4v) is 4.69. The van der Waals surface area contributed by atoms with E-state index in [1.807, 2.05) is 11.0 Å². The van der Waals surface area contributed by atoms with Crippen molar-refractivity contribution in [1.82, 2.24) is 30.2 Å². The topological polar surface area (TPSA) is 95.9 Å². The van der Waals surface area contributed by atoms with Gasteiger partial charge in [0, 0.05) is 48.9 Å². The number of carbonyl (C=O) groups excluding carboxylic acids is 1. The third-order valence-corrected chi connectivity index (χ3v) is 6.31. The highest BCUT2D eigenvalue weighted by Crippen LogP contribution is 2.30. The van der Waals surface area contributed by atoms with Crippen LogP contribution in [0.25, 0.3) is 5.57 Å². The van der Waals surface area contributed by atoms with Crippen LogP contribution in [-0.4, -0.2) is 56.0 Å². The van der Waals surface area contributed by atoms with Crippen molar-refractivity contribution >= 4 is 17.4 Å². The van der Waals surface area contributed by atoms with Crippen molar-refractivity contribution in [3.63, 3.8) is 0 Å². The Hall–Kier alpha value is -3.10. The number of hydrogen-bond acceptors (Lipinski definition) is 6. The van der Waals surface area contributed by atoms with Crippen LogP contribution in [0, 0.1) is 5.82 Å². The summed E-state index contributed by atoms with van der Waals surface area (Å²) >= 11 is 0. The first-order chi connectivity index (χ1) is 15.2. The molecular formula is C22H26FN7O. The molecule has 0 spiro atoms. The molecule has 5 rings (SSSR count). The smallest absolute Gasteiger partial charge is 0.317 e. The predicted molar refractivity (Wildman–Crippen MR) is 114 cm³/mol. The summed E-state index contributed by atoms with van der Waals surface area (Å²) in [4.78, 5) is 31.4. The number of rotatable bonds is 4. The maximum Gasteiger partial charge on any atom is 0.317 e. The highest BCUT2D eigenvalue weighted by molar-refractivity contribution is 5.80. The standard InChI is InChI=1S/C22H26FN7O/c23-18-12-25-20(16-6-7-19-17(16)11-24-13-26-19)29-21(18)27-14-4-3-5-15(10-14)28-22(31)30-8-1-2-9-30/h6,11-15H,1-5,7-10H2,(H,28,31)(H,25,27,29)/t14-,15+/m1/s1. The van der Waals surface area contributed by atoms with E-state index >= 15 is 0 Å². The van der Waals surface area contributed by atoms with E-state index in [0.717, 1.165) is 68.4 Å². The SMILES string of the molecule is O=C(N[C@H]1CCC[C@@H](Nc2nc(C3=CCc4ncncc43)ncc2F)C1)N1CCCC1. The van der Waals surface area contributed by atoms with E-state index in [2.05, 4.69) is 30.6 Å². The molecule has 2 aliphatic carbocycles. The Balaban J connectivity index is 1.26. The van der Waals surface area contributed by atoms with Gasteiger partial charge in [-0.1, -0.05) is 6.08 Å². The molecule has 1 saturated heterocycles. The van der Waals surface area contributed by atoms with Gasteiger partial charge in [0.25, 0.3) is 0 Å². The average Bonchev–Trinajstić information content (AvgIpc) is 3.46. The van der Waals surface area contributed by atoms with Gasteiger partial charge in [0.1, 0.15) is 6.33 Å². The van der Waals surface area contributed by atoms with Crippen molar-refractivity contribution in [2.75, 3.05) is 18.4 Å². The van der Waals surface area contributed by atoms with Crippen LogP contribution in [0.5, 0.6) is 0 Å². The van der Waals surface area contributed by atoms with Crippen LogP contribution in [0.15, 0.2) is 24.8 Å². The summed E-state index contributed by atoms with van der Waals surface area (Å²) in [7, 11) is 0. The minimum atomic E-state index is -0.477. The lowest BCUT2D eigenvalue weighted by Crippen LogP contribution is -2.47. The van der Waals surface area contributed by atoms with Gasteiger partial charge >= 0.3 is 6.03 Å². The van der Waals surface area contributed by atoms with Gasteiger partial charge in [-0.15, -0.1) is 0 Å². The van der Waals surface area contributed by atoms with Crippen LogP contribution in [0.3, 0.4) is 0 Å². The number of amides is 2. The molecule has 2 amide bonds. The second-order valence-electron chi connectivity index (χ2n) is 8.44. The summed E-state index contributed by atoms with van der Waals surface area (Å²) < 4.78 is 14.5. The molecule has 31 heavy (non-hydrogen) atoms.